The van der Waals surface area contributed by atoms with Crippen LogP contribution in [0.15, 0.2) is 133 Å². The average molecular weight is 814 g/mol. The molecule has 6 aromatic carbocycles. The second-order valence-corrected chi connectivity index (χ2v) is 15.7. The molecule has 0 spiro atoms. The van der Waals surface area contributed by atoms with Crippen molar-refractivity contribution in [3.8, 4) is 22.3 Å². The summed E-state index contributed by atoms with van der Waals surface area (Å²) in [7, 11) is 0. The smallest absolute Gasteiger partial charge is 0.322 e. The number of alkyl halides is 6. The lowest BCUT2D eigenvalue weighted by Crippen LogP contribution is -2.12. The molecule has 286 valence electrons. The first-order valence-electron chi connectivity index (χ1n) is 17.5. The van der Waals surface area contributed by atoms with Crippen molar-refractivity contribution in [1.82, 2.24) is 0 Å². The Balaban J connectivity index is 1.05. The lowest BCUT2D eigenvalue weighted by molar-refractivity contribution is -0.138. The maximum Gasteiger partial charge on any atom is 0.416 e. The molecule has 1 amide bonds. The predicted molar refractivity (Wildman–Crippen MR) is 211 cm³/mol. The second kappa shape index (κ2) is 14.9. The Hall–Kier alpha value is -5.85. The van der Waals surface area contributed by atoms with Crippen molar-refractivity contribution in [3.05, 3.63) is 183 Å². The average Bonchev–Trinajstić information content (AvgIpc) is 3.78. The first-order chi connectivity index (χ1) is 27.2. The molecule has 0 fully saturated rings. The topological polar surface area (TPSA) is 29.1 Å². The monoisotopic (exact) mass is 813 g/mol. The fourth-order valence-electron chi connectivity index (χ4n) is 6.83. The Morgan fingerprint density at radius 3 is 1.49 bits per heavy atom. The third kappa shape index (κ3) is 8.05. The van der Waals surface area contributed by atoms with Gasteiger partial charge in [0.2, 0.25) is 0 Å². The van der Waals surface area contributed by atoms with Gasteiger partial charge < -0.3 is 5.32 Å². The van der Waals surface area contributed by atoms with Crippen LogP contribution in [0, 0.1) is 11.6 Å². The van der Waals surface area contributed by atoms with E-state index in [9.17, 15) is 31.1 Å². The summed E-state index contributed by atoms with van der Waals surface area (Å²) in [6.07, 6.45) is -8.44. The zero-order chi connectivity index (χ0) is 40.1. The van der Waals surface area contributed by atoms with Crippen LogP contribution in [0.2, 0.25) is 0 Å². The molecular weight excluding hydrogens is 787 g/mol. The molecule has 0 aliphatic rings. The maximum absolute atomic E-state index is 15.5. The van der Waals surface area contributed by atoms with E-state index in [1.54, 1.807) is 36.4 Å². The van der Waals surface area contributed by atoms with Gasteiger partial charge in [-0.05, 0) is 82.6 Å². The highest BCUT2D eigenvalue weighted by Gasteiger charge is 2.31. The van der Waals surface area contributed by atoms with Crippen molar-refractivity contribution in [2.75, 3.05) is 5.32 Å². The number of fused-ring (bicyclic) bond motifs is 2. The third-order valence-electron chi connectivity index (χ3n) is 9.49. The number of thiophene rings is 2. The van der Waals surface area contributed by atoms with Gasteiger partial charge in [0.15, 0.2) is 0 Å². The van der Waals surface area contributed by atoms with Gasteiger partial charge in [0.05, 0.1) is 11.1 Å². The summed E-state index contributed by atoms with van der Waals surface area (Å²) in [6, 6.07) is 32.7. The number of anilines is 1. The minimum Gasteiger partial charge on any atom is -0.322 e. The van der Waals surface area contributed by atoms with Crippen molar-refractivity contribution in [3.63, 3.8) is 0 Å². The molecule has 0 atom stereocenters. The molecule has 8 aromatic rings. The normalized spacial score (nSPS) is 12.1. The van der Waals surface area contributed by atoms with Crippen LogP contribution >= 0.6 is 22.7 Å². The number of amides is 1. The van der Waals surface area contributed by atoms with E-state index in [-0.39, 0.29) is 35.2 Å². The molecule has 0 unspecified atom stereocenters. The first-order valence-corrected chi connectivity index (χ1v) is 19.1. The fourth-order valence-corrected chi connectivity index (χ4v) is 9.27. The minimum absolute atomic E-state index is 0.134. The highest BCUT2D eigenvalue weighted by atomic mass is 32.1. The van der Waals surface area contributed by atoms with Gasteiger partial charge in [0.1, 0.15) is 11.6 Å². The molecule has 0 radical (unpaired) electrons. The Morgan fingerprint density at radius 2 is 0.982 bits per heavy atom. The molecular formula is C45H27F8NOS2. The summed E-state index contributed by atoms with van der Waals surface area (Å²) in [4.78, 5) is 15.2. The number of carbonyl (C=O) groups excluding carboxylic acids is 1. The Bertz CT molecular complexity index is 2820. The van der Waals surface area contributed by atoms with E-state index in [0.29, 0.717) is 27.0 Å². The number of hydrogen-bond acceptors (Lipinski definition) is 3. The highest BCUT2D eigenvalue weighted by Crippen LogP contribution is 2.40. The molecule has 0 saturated carbocycles. The van der Waals surface area contributed by atoms with E-state index in [4.69, 9.17) is 0 Å². The van der Waals surface area contributed by atoms with Crippen LogP contribution in [-0.4, -0.2) is 5.91 Å². The van der Waals surface area contributed by atoms with Crippen molar-refractivity contribution >= 4 is 54.4 Å². The van der Waals surface area contributed by atoms with Crippen molar-refractivity contribution in [1.29, 1.82) is 0 Å². The lowest BCUT2D eigenvalue weighted by atomic mass is 10.00. The first kappa shape index (κ1) is 38.0. The third-order valence-corrected chi connectivity index (χ3v) is 11.9. The highest BCUT2D eigenvalue weighted by molar-refractivity contribution is 7.20. The lowest BCUT2D eigenvalue weighted by Gasteiger charge is -2.11. The van der Waals surface area contributed by atoms with E-state index in [1.807, 2.05) is 24.3 Å². The number of hydrogen-bond donors (Lipinski definition) is 1. The molecule has 1 N–H and O–H groups in total. The van der Waals surface area contributed by atoms with Gasteiger partial charge in [0.25, 0.3) is 5.91 Å². The number of halogens is 8. The van der Waals surface area contributed by atoms with Crippen LogP contribution in [0.1, 0.15) is 42.4 Å². The van der Waals surface area contributed by atoms with Gasteiger partial charge in [-0.1, -0.05) is 72.8 Å². The number of carbonyl (C=O) groups is 1. The van der Waals surface area contributed by atoms with E-state index in [1.165, 1.54) is 71.2 Å². The fraction of sp³-hybridized carbons (Fsp3) is 0.0889. The molecule has 2 nitrogen and oxygen atoms in total. The molecule has 57 heavy (non-hydrogen) atoms. The molecule has 2 aromatic heterocycles. The van der Waals surface area contributed by atoms with Gasteiger partial charge >= 0.3 is 12.4 Å². The van der Waals surface area contributed by atoms with Crippen LogP contribution in [0.3, 0.4) is 0 Å². The van der Waals surface area contributed by atoms with Crippen LogP contribution in [0.25, 0.3) is 42.4 Å². The maximum atomic E-state index is 15.5. The molecule has 0 aliphatic heterocycles. The van der Waals surface area contributed by atoms with E-state index in [0.717, 1.165) is 49.5 Å². The van der Waals surface area contributed by atoms with Crippen molar-refractivity contribution in [2.45, 2.75) is 25.2 Å². The zero-order valence-corrected chi connectivity index (χ0v) is 31.0. The molecule has 8 rings (SSSR count). The standard InChI is InChI=1S/C45H27F8NOS2/c46-39-15-13-29(23-37(39)35-11-3-7-27-21-33(56-41(27)35)19-25-5-1-9-30(17-25)44(48,49)50)43(55)54-32-14-16-40(47)38(24-32)36-12-4-8-28-22-34(57-42(28)36)20-26-6-2-10-31(18-26)45(51,52)53/h1-18,21-24H,19-20H2,(H,54,55). The van der Waals surface area contributed by atoms with Crippen LogP contribution < -0.4 is 5.32 Å². The Labute approximate surface area is 328 Å². The summed E-state index contributed by atoms with van der Waals surface area (Å²) in [5, 5.41) is 4.35. The van der Waals surface area contributed by atoms with Gasteiger partial charge in [-0.3, -0.25) is 4.79 Å². The molecule has 0 aliphatic carbocycles. The van der Waals surface area contributed by atoms with E-state index >= 15 is 8.78 Å². The van der Waals surface area contributed by atoms with Gasteiger partial charge in [-0.15, -0.1) is 22.7 Å². The number of nitrogens with one attached hydrogen (secondary N) is 1. The summed E-state index contributed by atoms with van der Waals surface area (Å²) >= 11 is 2.68. The van der Waals surface area contributed by atoms with Gasteiger partial charge in [-0.25, -0.2) is 8.78 Å². The summed E-state index contributed by atoms with van der Waals surface area (Å²) in [6.45, 7) is 0. The quantitative estimate of drug-likeness (QED) is 0.152. The molecule has 2 heterocycles. The molecule has 0 saturated heterocycles. The SMILES string of the molecule is O=C(Nc1ccc(F)c(-c2cccc3cc(Cc4cccc(C(F)(F)F)c4)sc23)c1)c1ccc(F)c(-c2cccc3cc(Cc4cccc(C(F)(F)F)c4)sc23)c1. The minimum atomic E-state index is -4.47. The molecule has 0 bridgehead atoms. The summed E-state index contributed by atoms with van der Waals surface area (Å²) in [5.74, 6) is -1.70. The van der Waals surface area contributed by atoms with E-state index in [2.05, 4.69) is 5.32 Å². The Kier molecular flexibility index (Phi) is 9.95. The van der Waals surface area contributed by atoms with Crippen molar-refractivity contribution < 1.29 is 39.9 Å². The van der Waals surface area contributed by atoms with Crippen LogP contribution in [0.5, 0.6) is 0 Å². The van der Waals surface area contributed by atoms with Crippen LogP contribution in [-0.2, 0) is 25.2 Å². The van der Waals surface area contributed by atoms with Gasteiger partial charge in [0, 0.05) is 65.5 Å². The van der Waals surface area contributed by atoms with Crippen LogP contribution in [0.4, 0.5) is 40.8 Å². The van der Waals surface area contributed by atoms with E-state index < -0.39 is 41.0 Å². The zero-order valence-electron chi connectivity index (χ0n) is 29.4. The predicted octanol–water partition coefficient (Wildman–Crippen LogP) is 14.2. The summed E-state index contributed by atoms with van der Waals surface area (Å²) < 4.78 is 112. The summed E-state index contributed by atoms with van der Waals surface area (Å²) in [5.41, 5.74) is 1.34. The second-order valence-electron chi connectivity index (χ2n) is 13.5. The number of benzene rings is 6. The van der Waals surface area contributed by atoms with Gasteiger partial charge in [-0.2, -0.15) is 26.3 Å². The molecule has 12 heteroatoms. The number of rotatable bonds is 8. The largest absolute Gasteiger partial charge is 0.416 e. The van der Waals surface area contributed by atoms with Crippen molar-refractivity contribution in [2.24, 2.45) is 0 Å². The Morgan fingerprint density at radius 1 is 0.509 bits per heavy atom.